The van der Waals surface area contributed by atoms with Gasteiger partial charge >= 0.3 is 0 Å². The zero-order valence-electron chi connectivity index (χ0n) is 14.1. The summed E-state index contributed by atoms with van der Waals surface area (Å²) in [4.78, 5) is 2.33. The molecule has 21 heavy (non-hydrogen) atoms. The van der Waals surface area contributed by atoms with Crippen molar-refractivity contribution in [2.75, 3.05) is 33.3 Å². The van der Waals surface area contributed by atoms with Crippen LogP contribution in [0.5, 0.6) is 0 Å². The van der Waals surface area contributed by atoms with Crippen molar-refractivity contribution in [3.05, 3.63) is 35.9 Å². The fourth-order valence-electron chi connectivity index (χ4n) is 2.59. The summed E-state index contributed by atoms with van der Waals surface area (Å²) in [5, 5.41) is 13.7. The van der Waals surface area contributed by atoms with Crippen LogP contribution in [0.3, 0.4) is 0 Å². The molecule has 0 aliphatic heterocycles. The number of aliphatic hydroxyl groups excluding tert-OH is 1. The summed E-state index contributed by atoms with van der Waals surface area (Å²) in [7, 11) is 2.14. The topological polar surface area (TPSA) is 35.5 Å². The lowest BCUT2D eigenvalue weighted by molar-refractivity contribution is 0.116. The highest BCUT2D eigenvalue weighted by Gasteiger charge is 2.32. The molecule has 1 aromatic carbocycles. The molecule has 120 valence electrons. The van der Waals surface area contributed by atoms with Crippen LogP contribution in [0.2, 0.25) is 0 Å². The maximum absolute atomic E-state index is 10.1. The van der Waals surface area contributed by atoms with Crippen molar-refractivity contribution in [2.45, 2.75) is 39.2 Å². The molecule has 0 heterocycles. The molecule has 0 saturated carbocycles. The Morgan fingerprint density at radius 2 is 1.90 bits per heavy atom. The summed E-state index contributed by atoms with van der Waals surface area (Å²) in [5.74, 6) is 0.705. The number of aliphatic hydroxyl groups is 1. The maximum atomic E-state index is 10.1. The van der Waals surface area contributed by atoms with Crippen LogP contribution in [0.15, 0.2) is 30.3 Å². The molecular weight excluding hydrogens is 260 g/mol. The van der Waals surface area contributed by atoms with Crippen LogP contribution in [0.4, 0.5) is 0 Å². The Morgan fingerprint density at radius 1 is 1.24 bits per heavy atom. The normalized spacial score (nSPS) is 14.6. The van der Waals surface area contributed by atoms with Gasteiger partial charge in [0.15, 0.2) is 0 Å². The number of likely N-dealkylation sites (N-methyl/N-ethyl adjacent to an activating group) is 1. The first-order chi connectivity index (χ1) is 10.0. The van der Waals surface area contributed by atoms with Crippen molar-refractivity contribution in [2.24, 2.45) is 5.92 Å². The zero-order chi connectivity index (χ0) is 15.7. The third kappa shape index (κ3) is 5.77. The first kappa shape index (κ1) is 18.1. The fourth-order valence-corrected chi connectivity index (χ4v) is 2.59. The molecule has 0 aliphatic rings. The summed E-state index contributed by atoms with van der Waals surface area (Å²) in [6, 6.07) is 10.3. The molecule has 1 aromatic rings. The molecule has 0 amide bonds. The average Bonchev–Trinajstić information content (AvgIpc) is 2.50. The summed E-state index contributed by atoms with van der Waals surface area (Å²) in [6.45, 7) is 9.55. The number of nitrogens with one attached hydrogen (secondary N) is 1. The molecule has 3 heteroatoms. The van der Waals surface area contributed by atoms with Crippen LogP contribution in [0, 0.1) is 5.92 Å². The van der Waals surface area contributed by atoms with Crippen LogP contribution in [-0.4, -0.2) is 43.3 Å². The molecular formula is C18H32N2O. The standard InChI is InChI=1S/C18H32N2O/c1-5-12-19-18(15-21,17-9-7-6-8-10-17)14-20(4)13-11-16(2)3/h6-10,16,19,21H,5,11-15H2,1-4H3. The number of rotatable bonds is 10. The fraction of sp³-hybridized carbons (Fsp3) is 0.667. The van der Waals surface area contributed by atoms with E-state index in [0.29, 0.717) is 5.92 Å². The minimum absolute atomic E-state index is 0.114. The predicted molar refractivity (Wildman–Crippen MR) is 90.5 cm³/mol. The Morgan fingerprint density at radius 3 is 2.43 bits per heavy atom. The van der Waals surface area contributed by atoms with Gasteiger partial charge in [-0.05, 0) is 44.5 Å². The van der Waals surface area contributed by atoms with E-state index in [1.165, 1.54) is 6.42 Å². The Bertz CT molecular complexity index is 380. The molecule has 2 N–H and O–H groups in total. The predicted octanol–water partition coefficient (Wildman–Crippen LogP) is 2.85. The third-order valence-corrected chi connectivity index (χ3v) is 3.94. The Balaban J connectivity index is 2.85. The Kier molecular flexibility index (Phi) is 7.94. The highest BCUT2D eigenvalue weighted by Crippen LogP contribution is 2.22. The minimum atomic E-state index is -0.372. The SMILES string of the molecule is CCCNC(CO)(CN(C)CCC(C)C)c1ccccc1. The second kappa shape index (κ2) is 9.19. The van der Waals surface area contributed by atoms with E-state index in [4.69, 9.17) is 0 Å². The zero-order valence-corrected chi connectivity index (χ0v) is 14.1. The van der Waals surface area contributed by atoms with Crippen LogP contribution < -0.4 is 5.32 Å². The second-order valence-corrected chi connectivity index (χ2v) is 6.45. The second-order valence-electron chi connectivity index (χ2n) is 6.45. The molecule has 0 fully saturated rings. The van der Waals surface area contributed by atoms with E-state index in [9.17, 15) is 5.11 Å². The molecule has 0 aromatic heterocycles. The smallest absolute Gasteiger partial charge is 0.0797 e. The van der Waals surface area contributed by atoms with Crippen molar-refractivity contribution >= 4 is 0 Å². The van der Waals surface area contributed by atoms with Crippen LogP contribution >= 0.6 is 0 Å². The monoisotopic (exact) mass is 292 g/mol. The van der Waals surface area contributed by atoms with E-state index >= 15 is 0 Å². The summed E-state index contributed by atoms with van der Waals surface area (Å²) >= 11 is 0. The lowest BCUT2D eigenvalue weighted by Gasteiger charge is -2.37. The highest BCUT2D eigenvalue weighted by atomic mass is 16.3. The van der Waals surface area contributed by atoms with Gasteiger partial charge in [0.1, 0.15) is 0 Å². The van der Waals surface area contributed by atoms with E-state index in [2.05, 4.69) is 50.2 Å². The van der Waals surface area contributed by atoms with Crippen molar-refractivity contribution < 1.29 is 5.11 Å². The molecule has 1 unspecified atom stereocenters. The number of nitrogens with zero attached hydrogens (tertiary/aromatic N) is 1. The summed E-state index contributed by atoms with van der Waals surface area (Å²) in [5.41, 5.74) is 0.792. The van der Waals surface area contributed by atoms with Gasteiger partial charge in [-0.3, -0.25) is 0 Å². The van der Waals surface area contributed by atoms with Gasteiger partial charge in [0.25, 0.3) is 0 Å². The van der Waals surface area contributed by atoms with E-state index in [1.54, 1.807) is 0 Å². The van der Waals surface area contributed by atoms with E-state index in [-0.39, 0.29) is 12.1 Å². The Hall–Kier alpha value is -0.900. The van der Waals surface area contributed by atoms with E-state index < -0.39 is 0 Å². The largest absolute Gasteiger partial charge is 0.394 e. The van der Waals surface area contributed by atoms with E-state index in [1.807, 2.05) is 18.2 Å². The van der Waals surface area contributed by atoms with E-state index in [0.717, 1.165) is 31.6 Å². The lowest BCUT2D eigenvalue weighted by atomic mass is 9.89. The van der Waals surface area contributed by atoms with Crippen molar-refractivity contribution in [1.82, 2.24) is 10.2 Å². The van der Waals surface area contributed by atoms with Gasteiger partial charge in [-0.2, -0.15) is 0 Å². The van der Waals surface area contributed by atoms with Crippen LogP contribution in [0.25, 0.3) is 0 Å². The molecule has 0 saturated heterocycles. The summed E-state index contributed by atoms with van der Waals surface area (Å²) in [6.07, 6.45) is 2.24. The van der Waals surface area contributed by atoms with Gasteiger partial charge in [-0.15, -0.1) is 0 Å². The third-order valence-electron chi connectivity index (χ3n) is 3.94. The number of hydrogen-bond acceptors (Lipinski definition) is 3. The van der Waals surface area contributed by atoms with Crippen LogP contribution in [0.1, 0.15) is 39.2 Å². The first-order valence-electron chi connectivity index (χ1n) is 8.14. The van der Waals surface area contributed by atoms with Gasteiger partial charge < -0.3 is 15.3 Å². The quantitative estimate of drug-likeness (QED) is 0.696. The minimum Gasteiger partial charge on any atom is -0.394 e. The van der Waals surface area contributed by atoms with Gasteiger partial charge in [-0.1, -0.05) is 51.1 Å². The van der Waals surface area contributed by atoms with Gasteiger partial charge in [0.2, 0.25) is 0 Å². The number of hydrogen-bond donors (Lipinski definition) is 2. The highest BCUT2D eigenvalue weighted by molar-refractivity contribution is 5.25. The first-order valence-corrected chi connectivity index (χ1v) is 8.14. The van der Waals surface area contributed by atoms with Crippen molar-refractivity contribution in [3.63, 3.8) is 0 Å². The lowest BCUT2D eigenvalue weighted by Crippen LogP contribution is -2.53. The summed E-state index contributed by atoms with van der Waals surface area (Å²) < 4.78 is 0. The molecule has 0 bridgehead atoms. The molecule has 1 rings (SSSR count). The van der Waals surface area contributed by atoms with Gasteiger partial charge in [-0.25, -0.2) is 0 Å². The molecule has 0 spiro atoms. The van der Waals surface area contributed by atoms with Crippen molar-refractivity contribution in [3.8, 4) is 0 Å². The van der Waals surface area contributed by atoms with Gasteiger partial charge in [0.05, 0.1) is 12.1 Å². The molecule has 0 radical (unpaired) electrons. The molecule has 1 atom stereocenters. The van der Waals surface area contributed by atoms with Crippen molar-refractivity contribution in [1.29, 1.82) is 0 Å². The molecule has 3 nitrogen and oxygen atoms in total. The maximum Gasteiger partial charge on any atom is 0.0797 e. The van der Waals surface area contributed by atoms with Gasteiger partial charge in [0, 0.05) is 6.54 Å². The van der Waals surface area contributed by atoms with Crippen LogP contribution in [-0.2, 0) is 5.54 Å². The molecule has 0 aliphatic carbocycles. The number of benzene rings is 1. The average molecular weight is 292 g/mol. The Labute approximate surface area is 130 Å².